The minimum Gasteiger partial charge on any atom is -0.461 e. The second kappa shape index (κ2) is 6.79. The molecule has 0 saturated carbocycles. The van der Waals surface area contributed by atoms with Crippen LogP contribution in [0.1, 0.15) is 56.1 Å². The standard InChI is InChI=1S/C17H21N5O3/c1-11(2)15-19-17(25-20-15)12-5-7-22(8-6-12)10-14-18-16(21-24-14)13-4-3-9-23-13/h3-4,9,11-12H,5-8,10H2,1-2H3. The van der Waals surface area contributed by atoms with Crippen LogP contribution >= 0.6 is 0 Å². The van der Waals surface area contributed by atoms with Gasteiger partial charge < -0.3 is 13.5 Å². The average Bonchev–Trinajstić information content (AvgIpc) is 3.36. The summed E-state index contributed by atoms with van der Waals surface area (Å²) < 4.78 is 16.0. The molecule has 3 aromatic heterocycles. The van der Waals surface area contributed by atoms with Gasteiger partial charge in [-0.05, 0) is 38.1 Å². The van der Waals surface area contributed by atoms with Gasteiger partial charge in [-0.25, -0.2) is 0 Å². The molecular weight excluding hydrogens is 322 g/mol. The minimum absolute atomic E-state index is 0.290. The van der Waals surface area contributed by atoms with Crippen LogP contribution in [-0.4, -0.2) is 38.3 Å². The van der Waals surface area contributed by atoms with Gasteiger partial charge in [-0.2, -0.15) is 9.97 Å². The van der Waals surface area contributed by atoms with Crippen LogP contribution < -0.4 is 0 Å². The molecule has 0 aliphatic carbocycles. The Morgan fingerprint density at radius 1 is 1.16 bits per heavy atom. The van der Waals surface area contributed by atoms with Crippen LogP contribution in [0.3, 0.4) is 0 Å². The maximum atomic E-state index is 5.43. The maximum absolute atomic E-state index is 5.43. The highest BCUT2D eigenvalue weighted by Crippen LogP contribution is 2.28. The van der Waals surface area contributed by atoms with Crippen LogP contribution in [0.25, 0.3) is 11.6 Å². The van der Waals surface area contributed by atoms with Crippen LogP contribution in [0.15, 0.2) is 31.9 Å². The zero-order valence-corrected chi connectivity index (χ0v) is 14.4. The Morgan fingerprint density at radius 2 is 2.00 bits per heavy atom. The second-order valence-corrected chi connectivity index (χ2v) is 6.68. The quantitative estimate of drug-likeness (QED) is 0.697. The third kappa shape index (κ3) is 3.48. The van der Waals surface area contributed by atoms with Gasteiger partial charge in [-0.3, -0.25) is 4.90 Å². The molecule has 3 aromatic rings. The van der Waals surface area contributed by atoms with Crippen LogP contribution in [-0.2, 0) is 6.54 Å². The number of furan rings is 1. The number of likely N-dealkylation sites (tertiary alicyclic amines) is 1. The fourth-order valence-electron chi connectivity index (χ4n) is 3.00. The number of rotatable bonds is 5. The highest BCUT2D eigenvalue weighted by atomic mass is 16.5. The Morgan fingerprint density at radius 3 is 2.68 bits per heavy atom. The Balaban J connectivity index is 1.33. The molecule has 8 heteroatoms. The number of aromatic nitrogens is 4. The molecule has 0 radical (unpaired) electrons. The second-order valence-electron chi connectivity index (χ2n) is 6.68. The monoisotopic (exact) mass is 343 g/mol. The van der Waals surface area contributed by atoms with Gasteiger partial charge in [-0.15, -0.1) is 0 Å². The molecule has 0 N–H and O–H groups in total. The van der Waals surface area contributed by atoms with E-state index in [9.17, 15) is 0 Å². The van der Waals surface area contributed by atoms with E-state index in [2.05, 4.69) is 39.0 Å². The number of hydrogen-bond donors (Lipinski definition) is 0. The third-order valence-corrected chi connectivity index (χ3v) is 4.48. The van der Waals surface area contributed by atoms with Gasteiger partial charge in [-0.1, -0.05) is 24.2 Å². The summed E-state index contributed by atoms with van der Waals surface area (Å²) in [5.41, 5.74) is 0. The molecule has 132 valence electrons. The van der Waals surface area contributed by atoms with E-state index in [0.717, 1.165) is 37.6 Å². The van der Waals surface area contributed by atoms with Gasteiger partial charge >= 0.3 is 0 Å². The molecule has 1 aliphatic rings. The molecule has 0 spiro atoms. The van der Waals surface area contributed by atoms with Crippen molar-refractivity contribution in [2.45, 2.75) is 45.1 Å². The summed E-state index contributed by atoms with van der Waals surface area (Å²) in [6, 6.07) is 3.62. The van der Waals surface area contributed by atoms with Gasteiger partial charge in [0.25, 0.3) is 0 Å². The lowest BCUT2D eigenvalue weighted by Crippen LogP contribution is -2.32. The van der Waals surface area contributed by atoms with Gasteiger partial charge in [0.1, 0.15) is 0 Å². The lowest BCUT2D eigenvalue weighted by molar-refractivity contribution is 0.168. The van der Waals surface area contributed by atoms with Gasteiger partial charge in [0, 0.05) is 11.8 Å². The highest BCUT2D eigenvalue weighted by Gasteiger charge is 2.26. The molecule has 1 aliphatic heterocycles. The van der Waals surface area contributed by atoms with Crippen molar-refractivity contribution in [1.82, 2.24) is 25.2 Å². The lowest BCUT2D eigenvalue weighted by Gasteiger charge is -2.28. The van der Waals surface area contributed by atoms with Crippen LogP contribution in [0.2, 0.25) is 0 Å². The molecule has 0 amide bonds. The van der Waals surface area contributed by atoms with Gasteiger partial charge in [0.05, 0.1) is 12.8 Å². The molecule has 0 unspecified atom stereocenters. The number of hydrogen-bond acceptors (Lipinski definition) is 8. The normalized spacial score (nSPS) is 16.8. The molecule has 4 rings (SSSR count). The molecular formula is C17H21N5O3. The van der Waals surface area contributed by atoms with E-state index in [4.69, 9.17) is 13.5 Å². The first-order chi connectivity index (χ1) is 12.2. The Labute approximate surface area is 145 Å². The van der Waals surface area contributed by atoms with E-state index in [-0.39, 0.29) is 0 Å². The summed E-state index contributed by atoms with van der Waals surface area (Å²) in [6.07, 6.45) is 3.57. The average molecular weight is 343 g/mol. The Hall–Kier alpha value is -2.48. The number of nitrogens with zero attached hydrogens (tertiary/aromatic N) is 5. The predicted octanol–water partition coefficient (Wildman–Crippen LogP) is 3.22. The fourth-order valence-corrected chi connectivity index (χ4v) is 3.00. The predicted molar refractivity (Wildman–Crippen MR) is 87.6 cm³/mol. The maximum Gasteiger partial charge on any atom is 0.241 e. The lowest BCUT2D eigenvalue weighted by atomic mass is 9.97. The van der Waals surface area contributed by atoms with Crippen molar-refractivity contribution in [1.29, 1.82) is 0 Å². The smallest absolute Gasteiger partial charge is 0.241 e. The van der Waals surface area contributed by atoms with E-state index < -0.39 is 0 Å². The van der Waals surface area contributed by atoms with Crippen LogP contribution in [0.4, 0.5) is 0 Å². The first-order valence-electron chi connectivity index (χ1n) is 8.61. The SMILES string of the molecule is CC(C)c1noc(C2CCN(Cc3nc(-c4ccco4)no3)CC2)n1. The van der Waals surface area contributed by atoms with Crippen molar-refractivity contribution in [2.24, 2.45) is 0 Å². The topological polar surface area (TPSA) is 94.2 Å². The van der Waals surface area contributed by atoms with E-state index >= 15 is 0 Å². The summed E-state index contributed by atoms with van der Waals surface area (Å²) in [5, 5.41) is 8.03. The van der Waals surface area contributed by atoms with Gasteiger partial charge in [0.15, 0.2) is 11.6 Å². The Bertz CT molecular complexity index is 800. The van der Waals surface area contributed by atoms with E-state index in [1.165, 1.54) is 0 Å². The molecule has 1 fully saturated rings. The number of piperidine rings is 1. The van der Waals surface area contributed by atoms with Crippen molar-refractivity contribution >= 4 is 0 Å². The summed E-state index contributed by atoms with van der Waals surface area (Å²) >= 11 is 0. The van der Waals surface area contributed by atoms with E-state index in [0.29, 0.717) is 35.9 Å². The molecule has 25 heavy (non-hydrogen) atoms. The largest absolute Gasteiger partial charge is 0.461 e. The summed E-state index contributed by atoms with van der Waals surface area (Å²) in [7, 11) is 0. The van der Waals surface area contributed by atoms with Crippen LogP contribution in [0, 0.1) is 0 Å². The highest BCUT2D eigenvalue weighted by molar-refractivity contribution is 5.44. The minimum atomic E-state index is 0.290. The molecule has 1 saturated heterocycles. The molecule has 8 nitrogen and oxygen atoms in total. The van der Waals surface area contributed by atoms with Gasteiger partial charge in [0.2, 0.25) is 17.6 Å². The summed E-state index contributed by atoms with van der Waals surface area (Å²) in [4.78, 5) is 11.2. The molecule has 4 heterocycles. The zero-order valence-electron chi connectivity index (χ0n) is 14.4. The Kier molecular flexibility index (Phi) is 4.35. The summed E-state index contributed by atoms with van der Waals surface area (Å²) in [5.74, 6) is 3.88. The molecule has 0 bridgehead atoms. The molecule has 0 aromatic carbocycles. The first-order valence-corrected chi connectivity index (χ1v) is 8.61. The third-order valence-electron chi connectivity index (χ3n) is 4.48. The van der Waals surface area contributed by atoms with Crippen molar-refractivity contribution in [3.05, 3.63) is 36.0 Å². The summed E-state index contributed by atoms with van der Waals surface area (Å²) in [6.45, 7) is 6.64. The fraction of sp³-hybridized carbons (Fsp3) is 0.529. The van der Waals surface area contributed by atoms with E-state index in [1.807, 2.05) is 6.07 Å². The van der Waals surface area contributed by atoms with E-state index in [1.54, 1.807) is 12.3 Å². The van der Waals surface area contributed by atoms with Crippen molar-refractivity contribution < 1.29 is 13.5 Å². The zero-order chi connectivity index (χ0) is 17.2. The van der Waals surface area contributed by atoms with Crippen molar-refractivity contribution in [3.8, 4) is 11.6 Å². The van der Waals surface area contributed by atoms with Crippen molar-refractivity contribution in [3.63, 3.8) is 0 Å². The molecule has 0 atom stereocenters. The van der Waals surface area contributed by atoms with Crippen LogP contribution in [0.5, 0.6) is 0 Å². The van der Waals surface area contributed by atoms with Crippen molar-refractivity contribution in [2.75, 3.05) is 13.1 Å². The first kappa shape index (κ1) is 16.0.